The van der Waals surface area contributed by atoms with Crippen molar-refractivity contribution in [3.8, 4) is 34.4 Å². The van der Waals surface area contributed by atoms with Crippen molar-refractivity contribution in [2.24, 2.45) is 0 Å². The van der Waals surface area contributed by atoms with Crippen molar-refractivity contribution in [3.05, 3.63) is 99.0 Å². The van der Waals surface area contributed by atoms with Crippen LogP contribution in [0, 0.1) is 0 Å². The fourth-order valence-corrected chi connectivity index (χ4v) is 6.20. The molecule has 1 aromatic heterocycles. The Morgan fingerprint density at radius 3 is 2.00 bits per heavy atom. The molecule has 3 aromatic carbocycles. The van der Waals surface area contributed by atoms with Crippen molar-refractivity contribution in [2.45, 2.75) is 24.7 Å². The molecule has 2 heterocycles. The van der Waals surface area contributed by atoms with E-state index in [9.17, 15) is 9.59 Å². The first-order chi connectivity index (χ1) is 20.9. The molecule has 0 radical (unpaired) electrons. The molecule has 2 N–H and O–H groups in total. The highest BCUT2D eigenvalue weighted by molar-refractivity contribution is 6.01. The number of anilines is 1. The second kappa shape index (κ2) is 11.3. The Bertz CT molecular complexity index is 1760. The predicted molar refractivity (Wildman–Crippen MR) is 162 cm³/mol. The van der Waals surface area contributed by atoms with Gasteiger partial charge in [-0.3, -0.25) is 14.7 Å². The Morgan fingerprint density at radius 1 is 0.721 bits per heavy atom. The number of nitrogens with zero attached hydrogens (tertiary/aromatic N) is 1. The lowest BCUT2D eigenvalue weighted by Crippen LogP contribution is -2.32. The number of rotatable bonds is 8. The maximum absolute atomic E-state index is 14.1. The van der Waals surface area contributed by atoms with Crippen LogP contribution in [-0.4, -0.2) is 51.1 Å². The molecule has 1 aliphatic heterocycles. The minimum absolute atomic E-state index is 0.0511. The number of H-pyrrole nitrogens is 1. The molecule has 0 spiro atoms. The van der Waals surface area contributed by atoms with Crippen LogP contribution in [0.3, 0.4) is 0 Å². The summed E-state index contributed by atoms with van der Waals surface area (Å²) < 4.78 is 29.3. The second-order valence-corrected chi connectivity index (χ2v) is 10.4. The van der Waals surface area contributed by atoms with E-state index < -0.39 is 5.92 Å². The van der Waals surface area contributed by atoms with E-state index in [0.717, 1.165) is 11.3 Å². The number of fused-ring (bicyclic) bond motifs is 1. The summed E-state index contributed by atoms with van der Waals surface area (Å²) in [7, 11) is 7.80. The van der Waals surface area contributed by atoms with Crippen LogP contribution in [0.5, 0.6) is 28.7 Å². The van der Waals surface area contributed by atoms with E-state index >= 15 is 0 Å². The van der Waals surface area contributed by atoms with E-state index in [1.165, 1.54) is 26.0 Å². The van der Waals surface area contributed by atoms with Crippen molar-refractivity contribution in [2.75, 3.05) is 40.9 Å². The number of nitrogens with one attached hydrogen (secondary N) is 2. The first-order valence-electron chi connectivity index (χ1n) is 13.9. The van der Waals surface area contributed by atoms with Crippen molar-refractivity contribution in [1.82, 2.24) is 9.78 Å². The Morgan fingerprint density at radius 2 is 1.37 bits per heavy atom. The van der Waals surface area contributed by atoms with Crippen molar-refractivity contribution >= 4 is 11.6 Å². The van der Waals surface area contributed by atoms with Gasteiger partial charge in [-0.25, -0.2) is 4.68 Å². The number of allylic oxidation sites excluding steroid dienone is 2. The van der Waals surface area contributed by atoms with Gasteiger partial charge in [0.15, 0.2) is 28.8 Å². The Labute approximate surface area is 248 Å². The highest BCUT2D eigenvalue weighted by atomic mass is 16.5. The fraction of sp³-hybridized carbons (Fsp3) is 0.273. The molecular formula is C33H33N3O7. The minimum atomic E-state index is -0.674. The second-order valence-electron chi connectivity index (χ2n) is 10.4. The first-order valence-corrected chi connectivity index (χ1v) is 13.9. The Hall–Kier alpha value is -5.12. The number of ether oxygens (including phenoxy) is 5. The first kappa shape index (κ1) is 28.0. The van der Waals surface area contributed by atoms with Crippen LogP contribution in [0.25, 0.3) is 5.69 Å². The number of Topliss-reactive ketones (excluding diaryl/α,β-unsaturated/α-hetero) is 1. The highest BCUT2D eigenvalue weighted by Crippen LogP contribution is 2.50. The van der Waals surface area contributed by atoms with Gasteiger partial charge >= 0.3 is 0 Å². The molecule has 10 nitrogen and oxygen atoms in total. The van der Waals surface area contributed by atoms with Gasteiger partial charge < -0.3 is 29.0 Å². The molecular weight excluding hydrogens is 550 g/mol. The zero-order valence-corrected chi connectivity index (χ0v) is 24.6. The molecule has 0 bridgehead atoms. The molecule has 1 aliphatic carbocycles. The number of aromatic amines is 1. The van der Waals surface area contributed by atoms with Gasteiger partial charge in [0.25, 0.3) is 5.56 Å². The van der Waals surface area contributed by atoms with E-state index in [2.05, 4.69) is 10.4 Å². The normalized spacial score (nSPS) is 17.5. The summed E-state index contributed by atoms with van der Waals surface area (Å²) >= 11 is 0. The standard InChI is InChI=1S/C33H33N3O7/c1-39-24-12-11-18(15-25(24)40-2)19-13-22-29(23(37)14-19)28(20-16-26(41-3)31(43-5)27(17-20)42-4)30-32(34-22)35-36(33(30)38)21-9-7-6-8-10-21/h6-12,15-17,19,28,34-35H,13-14H2,1-5H3. The maximum Gasteiger partial charge on any atom is 0.277 e. The summed E-state index contributed by atoms with van der Waals surface area (Å²) in [6, 6.07) is 18.7. The minimum Gasteiger partial charge on any atom is -0.493 e. The fourth-order valence-electron chi connectivity index (χ4n) is 6.20. The molecule has 0 amide bonds. The summed E-state index contributed by atoms with van der Waals surface area (Å²) in [5.74, 6) is 2.22. The molecule has 6 rings (SSSR count). The number of ketones is 1. The van der Waals surface area contributed by atoms with Gasteiger partial charge in [0.1, 0.15) is 5.82 Å². The van der Waals surface area contributed by atoms with Crippen LogP contribution < -0.4 is 34.6 Å². The van der Waals surface area contributed by atoms with Crippen LogP contribution >= 0.6 is 0 Å². The smallest absolute Gasteiger partial charge is 0.277 e. The maximum atomic E-state index is 14.1. The van der Waals surface area contributed by atoms with Crippen LogP contribution in [0.1, 0.15) is 41.4 Å². The summed E-state index contributed by atoms with van der Waals surface area (Å²) in [5, 5.41) is 6.69. The van der Waals surface area contributed by atoms with Gasteiger partial charge in [-0.15, -0.1) is 0 Å². The monoisotopic (exact) mass is 583 g/mol. The molecule has 0 saturated heterocycles. The topological polar surface area (TPSA) is 113 Å². The van der Waals surface area contributed by atoms with Crippen LogP contribution in [-0.2, 0) is 4.79 Å². The predicted octanol–water partition coefficient (Wildman–Crippen LogP) is 5.17. The van der Waals surface area contributed by atoms with E-state index in [1.54, 1.807) is 26.4 Å². The molecule has 222 valence electrons. The number of carbonyl (C=O) groups is 1. The van der Waals surface area contributed by atoms with Crippen molar-refractivity contribution < 1.29 is 28.5 Å². The van der Waals surface area contributed by atoms with Gasteiger partial charge in [0.2, 0.25) is 5.75 Å². The van der Waals surface area contributed by atoms with E-state index in [0.29, 0.717) is 63.4 Å². The summed E-state index contributed by atoms with van der Waals surface area (Å²) in [6.07, 6.45) is 0.818. The number of hydrogen-bond acceptors (Lipinski definition) is 8. The number of hydrogen-bond donors (Lipinski definition) is 2. The SMILES string of the molecule is COc1ccc(C2CC(=O)C3=C(C2)Nc2[nH]n(-c4ccccc4)c(=O)c2C3c2cc(OC)c(OC)c(OC)c2)cc1OC. The third kappa shape index (κ3) is 4.68. The zero-order valence-electron chi connectivity index (χ0n) is 24.6. The van der Waals surface area contributed by atoms with Gasteiger partial charge in [-0.2, -0.15) is 0 Å². The lowest BCUT2D eigenvalue weighted by Gasteiger charge is -2.35. The highest BCUT2D eigenvalue weighted by Gasteiger charge is 2.42. The lowest BCUT2D eigenvalue weighted by molar-refractivity contribution is -0.116. The Balaban J connectivity index is 1.53. The zero-order chi connectivity index (χ0) is 30.2. The van der Waals surface area contributed by atoms with Crippen molar-refractivity contribution in [3.63, 3.8) is 0 Å². The van der Waals surface area contributed by atoms with Crippen molar-refractivity contribution in [1.29, 1.82) is 0 Å². The summed E-state index contributed by atoms with van der Waals surface area (Å²) in [5.41, 5.74) is 3.81. The molecule has 2 atom stereocenters. The van der Waals surface area contributed by atoms with Crippen LogP contribution in [0.2, 0.25) is 0 Å². The van der Waals surface area contributed by atoms with Crippen LogP contribution in [0.4, 0.5) is 5.82 Å². The number of para-hydroxylation sites is 1. The average Bonchev–Trinajstić information content (AvgIpc) is 3.38. The van der Waals surface area contributed by atoms with E-state index in [1.807, 2.05) is 48.5 Å². The molecule has 0 fully saturated rings. The van der Waals surface area contributed by atoms with Gasteiger partial charge in [-0.1, -0.05) is 24.3 Å². The van der Waals surface area contributed by atoms with Gasteiger partial charge in [0.05, 0.1) is 46.8 Å². The molecule has 4 aromatic rings. The van der Waals surface area contributed by atoms with Gasteiger partial charge in [0, 0.05) is 23.6 Å². The third-order valence-electron chi connectivity index (χ3n) is 8.20. The largest absolute Gasteiger partial charge is 0.493 e. The quantitative estimate of drug-likeness (QED) is 0.292. The summed E-state index contributed by atoms with van der Waals surface area (Å²) in [4.78, 5) is 28.2. The molecule has 2 unspecified atom stereocenters. The van der Waals surface area contributed by atoms with E-state index in [4.69, 9.17) is 23.7 Å². The number of aromatic nitrogens is 2. The van der Waals surface area contributed by atoms with Gasteiger partial charge in [-0.05, 0) is 59.9 Å². The number of benzene rings is 3. The van der Waals surface area contributed by atoms with Crippen LogP contribution in [0.15, 0.2) is 76.7 Å². The number of carbonyl (C=O) groups excluding carboxylic acids is 1. The lowest BCUT2D eigenvalue weighted by atomic mass is 9.72. The van der Waals surface area contributed by atoms with E-state index in [-0.39, 0.29) is 23.7 Å². The summed E-state index contributed by atoms with van der Waals surface area (Å²) in [6.45, 7) is 0. The molecule has 43 heavy (non-hydrogen) atoms. The molecule has 0 saturated carbocycles. The average molecular weight is 584 g/mol. The molecule has 2 aliphatic rings. The Kier molecular flexibility index (Phi) is 7.35. The third-order valence-corrected chi connectivity index (χ3v) is 8.20. The molecule has 10 heteroatoms. The number of methoxy groups -OCH3 is 5.